The van der Waals surface area contributed by atoms with Crippen molar-refractivity contribution in [2.45, 2.75) is 6.92 Å². The summed E-state index contributed by atoms with van der Waals surface area (Å²) < 4.78 is 0. The molecule has 0 aliphatic rings. The van der Waals surface area contributed by atoms with Crippen molar-refractivity contribution in [3.63, 3.8) is 0 Å². The van der Waals surface area contributed by atoms with Crippen LogP contribution in [0.1, 0.15) is 16.7 Å². The summed E-state index contributed by atoms with van der Waals surface area (Å²) in [6.45, 7) is 2.02. The van der Waals surface area contributed by atoms with Crippen molar-refractivity contribution in [3.8, 4) is 22.5 Å². The van der Waals surface area contributed by atoms with Gasteiger partial charge in [-0.25, -0.2) is 4.98 Å². The smallest absolute Gasteiger partial charge is 0.138 e. The van der Waals surface area contributed by atoms with E-state index in [0.29, 0.717) is 5.56 Å². The van der Waals surface area contributed by atoms with Crippen molar-refractivity contribution in [1.82, 2.24) is 9.97 Å². The number of nitrogens with zero attached hydrogens (tertiary/aromatic N) is 1. The Morgan fingerprint density at radius 3 is 2.07 bits per heavy atom. The number of imidazole rings is 1. The molecule has 6 nitrogen and oxygen atoms in total. The normalized spacial score (nSPS) is 10.9. The van der Waals surface area contributed by atoms with E-state index >= 15 is 0 Å². The molecule has 28 heavy (non-hydrogen) atoms. The van der Waals surface area contributed by atoms with E-state index in [1.54, 1.807) is 0 Å². The predicted molar refractivity (Wildman–Crippen MR) is 114 cm³/mol. The number of fused-ring (bicyclic) bond motifs is 1. The van der Waals surface area contributed by atoms with Gasteiger partial charge in [-0.2, -0.15) is 0 Å². The van der Waals surface area contributed by atoms with Gasteiger partial charge in [0.2, 0.25) is 0 Å². The first-order chi connectivity index (χ1) is 13.4. The van der Waals surface area contributed by atoms with Gasteiger partial charge in [0.1, 0.15) is 17.5 Å². The minimum atomic E-state index is 0.0296. The first-order valence-electron chi connectivity index (χ1n) is 8.82. The average Bonchev–Trinajstić information content (AvgIpc) is 3.11. The van der Waals surface area contributed by atoms with Crippen LogP contribution in [0, 0.1) is 17.7 Å². The molecule has 6 heteroatoms. The van der Waals surface area contributed by atoms with E-state index in [1.807, 2.05) is 55.5 Å². The Morgan fingerprint density at radius 2 is 1.43 bits per heavy atom. The zero-order chi connectivity index (χ0) is 19.8. The molecule has 0 atom stereocenters. The third-order valence-electron chi connectivity index (χ3n) is 4.80. The number of nitrogens with one attached hydrogen (secondary N) is 3. The van der Waals surface area contributed by atoms with Gasteiger partial charge < -0.3 is 16.5 Å². The van der Waals surface area contributed by atoms with Crippen molar-refractivity contribution < 1.29 is 0 Å². The van der Waals surface area contributed by atoms with Gasteiger partial charge >= 0.3 is 0 Å². The minimum absolute atomic E-state index is 0.0296. The number of hydrogen-bond acceptors (Lipinski definition) is 3. The van der Waals surface area contributed by atoms with Crippen LogP contribution in [-0.4, -0.2) is 21.6 Å². The van der Waals surface area contributed by atoms with E-state index in [0.717, 1.165) is 44.7 Å². The summed E-state index contributed by atoms with van der Waals surface area (Å²) >= 11 is 0. The number of H-pyrrole nitrogens is 1. The summed E-state index contributed by atoms with van der Waals surface area (Å²) in [7, 11) is 0. The quantitative estimate of drug-likeness (QED) is 0.278. The van der Waals surface area contributed by atoms with Gasteiger partial charge in [-0.1, -0.05) is 36.4 Å². The first-order valence-corrected chi connectivity index (χ1v) is 8.82. The highest BCUT2D eigenvalue weighted by Crippen LogP contribution is 2.28. The van der Waals surface area contributed by atoms with Gasteiger partial charge in [0, 0.05) is 16.7 Å². The number of benzene rings is 3. The molecule has 0 radical (unpaired) electrons. The fourth-order valence-corrected chi connectivity index (χ4v) is 3.27. The van der Waals surface area contributed by atoms with Gasteiger partial charge in [-0.3, -0.25) is 10.8 Å². The lowest BCUT2D eigenvalue weighted by molar-refractivity contribution is 1.33. The number of rotatable bonds is 4. The Balaban J connectivity index is 1.67. The van der Waals surface area contributed by atoms with Crippen LogP contribution in [0.3, 0.4) is 0 Å². The van der Waals surface area contributed by atoms with E-state index in [1.165, 1.54) is 0 Å². The van der Waals surface area contributed by atoms with Crippen LogP contribution < -0.4 is 11.5 Å². The molecule has 3 aromatic carbocycles. The maximum Gasteiger partial charge on any atom is 0.138 e. The molecule has 1 aromatic heterocycles. The van der Waals surface area contributed by atoms with Crippen LogP contribution in [-0.2, 0) is 0 Å². The van der Waals surface area contributed by atoms with Crippen molar-refractivity contribution in [2.75, 3.05) is 0 Å². The third kappa shape index (κ3) is 3.12. The molecule has 0 saturated carbocycles. The molecule has 0 fully saturated rings. The van der Waals surface area contributed by atoms with Crippen LogP contribution >= 0.6 is 0 Å². The first kappa shape index (κ1) is 17.5. The predicted octanol–water partition coefficient (Wildman–Crippen LogP) is 3.77. The molecule has 7 N–H and O–H groups in total. The molecule has 4 rings (SSSR count). The highest BCUT2D eigenvalue weighted by Gasteiger charge is 2.09. The number of nitrogen functional groups attached to an aromatic ring is 2. The number of nitrogens with two attached hydrogens (primary N) is 2. The Labute approximate surface area is 162 Å². The SMILES string of the molecule is Cc1cc(C(=N)N)ccc1-c1ccc(-c2nc3cc(C(=N)N)ccc3[nH]2)cc1. The van der Waals surface area contributed by atoms with Gasteiger partial charge in [-0.15, -0.1) is 0 Å². The second kappa shape index (κ2) is 6.66. The largest absolute Gasteiger partial charge is 0.384 e. The molecule has 0 aliphatic carbocycles. The number of aromatic amines is 1. The lowest BCUT2D eigenvalue weighted by atomic mass is 9.97. The van der Waals surface area contributed by atoms with Crippen LogP contribution in [0.25, 0.3) is 33.5 Å². The van der Waals surface area contributed by atoms with E-state index < -0.39 is 0 Å². The van der Waals surface area contributed by atoms with E-state index in [-0.39, 0.29) is 11.7 Å². The summed E-state index contributed by atoms with van der Waals surface area (Å²) in [5.41, 5.74) is 18.4. The highest BCUT2D eigenvalue weighted by molar-refractivity contribution is 5.98. The third-order valence-corrected chi connectivity index (χ3v) is 4.80. The maximum absolute atomic E-state index is 7.56. The maximum atomic E-state index is 7.56. The molecule has 1 heterocycles. The molecule has 0 unspecified atom stereocenters. The summed E-state index contributed by atoms with van der Waals surface area (Å²) in [4.78, 5) is 7.94. The van der Waals surface area contributed by atoms with Crippen molar-refractivity contribution in [3.05, 3.63) is 77.4 Å². The number of aryl methyl sites for hydroxylation is 1. The fourth-order valence-electron chi connectivity index (χ4n) is 3.27. The average molecular weight is 368 g/mol. The topological polar surface area (TPSA) is 128 Å². The Kier molecular flexibility index (Phi) is 4.16. The Morgan fingerprint density at radius 1 is 0.821 bits per heavy atom. The second-order valence-corrected chi connectivity index (χ2v) is 6.75. The number of amidine groups is 2. The van der Waals surface area contributed by atoms with E-state index in [2.05, 4.69) is 22.1 Å². The number of hydrogen-bond donors (Lipinski definition) is 5. The summed E-state index contributed by atoms with van der Waals surface area (Å²) in [6.07, 6.45) is 0. The molecular formula is C22H20N6. The highest BCUT2D eigenvalue weighted by atomic mass is 14.9. The molecule has 0 amide bonds. The van der Waals surface area contributed by atoms with Gasteiger partial charge in [0.15, 0.2) is 0 Å². The molecule has 0 aliphatic heterocycles. The zero-order valence-corrected chi connectivity index (χ0v) is 15.4. The van der Waals surface area contributed by atoms with Gasteiger partial charge in [0.25, 0.3) is 0 Å². The number of aromatic nitrogens is 2. The molecule has 138 valence electrons. The van der Waals surface area contributed by atoms with E-state index in [4.69, 9.17) is 22.3 Å². The fraction of sp³-hybridized carbons (Fsp3) is 0.0455. The zero-order valence-electron chi connectivity index (χ0n) is 15.4. The second-order valence-electron chi connectivity index (χ2n) is 6.75. The van der Waals surface area contributed by atoms with Crippen LogP contribution in [0.15, 0.2) is 60.7 Å². The van der Waals surface area contributed by atoms with Crippen molar-refractivity contribution in [1.29, 1.82) is 10.8 Å². The van der Waals surface area contributed by atoms with E-state index in [9.17, 15) is 0 Å². The molecule has 4 aromatic rings. The Hall–Kier alpha value is -3.93. The van der Waals surface area contributed by atoms with Gasteiger partial charge in [0.05, 0.1) is 11.0 Å². The Bertz CT molecular complexity index is 1220. The summed E-state index contributed by atoms with van der Waals surface area (Å²) in [5, 5.41) is 15.1. The minimum Gasteiger partial charge on any atom is -0.384 e. The summed E-state index contributed by atoms with van der Waals surface area (Å²) in [5.74, 6) is 0.871. The van der Waals surface area contributed by atoms with Crippen molar-refractivity contribution >= 4 is 22.7 Å². The van der Waals surface area contributed by atoms with Crippen LogP contribution in [0.5, 0.6) is 0 Å². The standard InChI is InChI=1S/C22H20N6/c1-12-10-15(20(23)24)6-8-17(12)13-2-4-14(5-3-13)22-27-18-9-7-16(21(25)26)11-19(18)28-22/h2-11H,1H3,(H3,23,24)(H3,25,26)(H,27,28). The molecule has 0 saturated heterocycles. The lowest BCUT2D eigenvalue weighted by Gasteiger charge is -2.09. The lowest BCUT2D eigenvalue weighted by Crippen LogP contribution is -2.11. The van der Waals surface area contributed by atoms with Crippen LogP contribution in [0.4, 0.5) is 0 Å². The molecule has 0 spiro atoms. The van der Waals surface area contributed by atoms with Gasteiger partial charge in [-0.05, 0) is 47.9 Å². The summed E-state index contributed by atoms with van der Waals surface area (Å²) in [6, 6.07) is 19.5. The van der Waals surface area contributed by atoms with Crippen LogP contribution in [0.2, 0.25) is 0 Å². The molecule has 0 bridgehead atoms. The van der Waals surface area contributed by atoms with Crippen molar-refractivity contribution in [2.24, 2.45) is 11.5 Å². The monoisotopic (exact) mass is 368 g/mol. The molecular weight excluding hydrogens is 348 g/mol.